The maximum absolute atomic E-state index is 8.89. The zero-order valence-electron chi connectivity index (χ0n) is 8.34. The molecule has 0 aliphatic carbocycles. The van der Waals surface area contributed by atoms with Crippen LogP contribution in [0, 0.1) is 0 Å². The summed E-state index contributed by atoms with van der Waals surface area (Å²) in [5.41, 5.74) is 0. The Morgan fingerprint density at radius 2 is 0.867 bits per heavy atom. The molecule has 0 aromatic rings. The molecule has 0 aliphatic rings. The first-order valence-corrected chi connectivity index (χ1v) is 5.22. The van der Waals surface area contributed by atoms with Gasteiger partial charge in [0.2, 0.25) is 0 Å². The molecule has 11 heteroatoms. The molecule has 0 spiro atoms. The van der Waals surface area contributed by atoms with Crippen molar-refractivity contribution in [1.29, 1.82) is 0 Å². The summed E-state index contributed by atoms with van der Waals surface area (Å²) in [7, 11) is 4.78. The normalized spacial score (nSPS) is 3.80. The SMILES string of the molecule is CC(=O)[O-].CC(=O)[O-].O.O.O.O.[Co+2].[Na][Cl]. The summed E-state index contributed by atoms with van der Waals surface area (Å²) < 4.78 is 0. The second-order valence-electron chi connectivity index (χ2n) is 0.983. The van der Waals surface area contributed by atoms with Crippen molar-refractivity contribution in [3.8, 4) is 0 Å². The van der Waals surface area contributed by atoms with Crippen molar-refractivity contribution in [1.82, 2.24) is 0 Å². The van der Waals surface area contributed by atoms with Crippen LogP contribution >= 0.6 is 7.91 Å². The summed E-state index contributed by atoms with van der Waals surface area (Å²) in [6.07, 6.45) is 0. The van der Waals surface area contributed by atoms with Crippen LogP contribution in [0.1, 0.15) is 13.8 Å². The summed E-state index contributed by atoms with van der Waals surface area (Å²) in [5.74, 6) is -2.17. The van der Waals surface area contributed by atoms with E-state index in [1.54, 1.807) is 0 Å². The molecule has 0 saturated carbocycles. The van der Waals surface area contributed by atoms with Gasteiger partial charge >= 0.3 is 51.3 Å². The Morgan fingerprint density at radius 3 is 0.867 bits per heavy atom. The second-order valence-corrected chi connectivity index (χ2v) is 0.983. The van der Waals surface area contributed by atoms with E-state index in [2.05, 4.69) is 0 Å². The molecule has 95 valence electrons. The van der Waals surface area contributed by atoms with Crippen LogP contribution < -0.4 is 10.2 Å². The molecule has 0 rings (SSSR count). The molecule has 0 saturated heterocycles. The van der Waals surface area contributed by atoms with Gasteiger partial charge in [0.25, 0.3) is 0 Å². The third-order valence-corrected chi connectivity index (χ3v) is 0. The van der Waals surface area contributed by atoms with E-state index in [-0.39, 0.29) is 38.7 Å². The van der Waals surface area contributed by atoms with Crippen LogP contribution in [-0.2, 0) is 26.4 Å². The maximum atomic E-state index is 8.89. The molecule has 0 aliphatic heterocycles. The van der Waals surface area contributed by atoms with Crippen molar-refractivity contribution in [2.24, 2.45) is 0 Å². The van der Waals surface area contributed by atoms with Crippen molar-refractivity contribution >= 4 is 46.5 Å². The summed E-state index contributed by atoms with van der Waals surface area (Å²) in [6, 6.07) is 0. The van der Waals surface area contributed by atoms with Gasteiger partial charge in [0.05, 0.1) is 0 Å². The van der Waals surface area contributed by atoms with Crippen LogP contribution in [-0.4, -0.2) is 60.5 Å². The molecule has 0 atom stereocenters. The number of hydrogen-bond donors (Lipinski definition) is 0. The van der Waals surface area contributed by atoms with Gasteiger partial charge in [-0.25, -0.2) is 0 Å². The minimum absolute atomic E-state index is 0. The zero-order valence-corrected chi connectivity index (χ0v) is 12.1. The number of hydrogen-bond acceptors (Lipinski definition) is 4. The zero-order chi connectivity index (χ0) is 9.15. The number of carbonyl (C=O) groups is 2. The Balaban J connectivity index is -0.00000000726. The fourth-order valence-electron chi connectivity index (χ4n) is 0. The molecular weight excluding hydrogens is 293 g/mol. The molecular formula is C4H14ClCoNaO8. The summed E-state index contributed by atoms with van der Waals surface area (Å²) in [4.78, 5) is 17.8. The number of halogens is 1. The summed E-state index contributed by atoms with van der Waals surface area (Å²) in [5, 5.41) is 17.8. The molecule has 0 aromatic heterocycles. The van der Waals surface area contributed by atoms with Crippen LogP contribution in [0.3, 0.4) is 0 Å². The molecule has 8 N–H and O–H groups in total. The predicted octanol–water partition coefficient (Wildman–Crippen LogP) is -5.48. The van der Waals surface area contributed by atoms with Gasteiger partial charge in [0.1, 0.15) is 0 Å². The Bertz CT molecular complexity index is 84.6. The van der Waals surface area contributed by atoms with Crippen molar-refractivity contribution in [2.45, 2.75) is 13.8 Å². The van der Waals surface area contributed by atoms with E-state index in [9.17, 15) is 0 Å². The number of carboxylic acids is 2. The molecule has 0 fully saturated rings. The Labute approximate surface area is 118 Å². The number of carbonyl (C=O) groups excluding carboxylic acids is 2. The van der Waals surface area contributed by atoms with Crippen molar-refractivity contribution in [3.63, 3.8) is 0 Å². The van der Waals surface area contributed by atoms with E-state index >= 15 is 0 Å². The quantitative estimate of drug-likeness (QED) is 0.401. The van der Waals surface area contributed by atoms with Gasteiger partial charge in [-0.3, -0.25) is 0 Å². The van der Waals surface area contributed by atoms with E-state index in [1.807, 2.05) is 0 Å². The molecule has 8 nitrogen and oxygen atoms in total. The number of carboxylic acid groups (broad SMARTS) is 2. The molecule has 0 aromatic carbocycles. The average Bonchev–Trinajstić information content (AvgIpc) is 1.66. The average molecular weight is 308 g/mol. The van der Waals surface area contributed by atoms with Gasteiger partial charge in [0.15, 0.2) is 0 Å². The van der Waals surface area contributed by atoms with Crippen LogP contribution in [0.4, 0.5) is 0 Å². The van der Waals surface area contributed by atoms with Crippen LogP contribution in [0.15, 0.2) is 0 Å². The Morgan fingerprint density at radius 1 is 0.867 bits per heavy atom. The molecule has 1 radical (unpaired) electrons. The van der Waals surface area contributed by atoms with Gasteiger partial charge in [-0.05, 0) is 13.8 Å². The monoisotopic (exact) mass is 307 g/mol. The van der Waals surface area contributed by atoms with Crippen molar-refractivity contribution in [3.05, 3.63) is 0 Å². The van der Waals surface area contributed by atoms with E-state index < -0.39 is 11.9 Å². The van der Waals surface area contributed by atoms with Crippen LogP contribution in [0.2, 0.25) is 0 Å². The molecule has 0 unspecified atom stereocenters. The summed E-state index contributed by atoms with van der Waals surface area (Å²) >= 11 is 0.778. The van der Waals surface area contributed by atoms with E-state index in [4.69, 9.17) is 27.7 Å². The van der Waals surface area contributed by atoms with Gasteiger partial charge in [0, 0.05) is 11.9 Å². The Hall–Kier alpha value is 0.576. The predicted molar refractivity (Wildman–Crippen MR) is 47.4 cm³/mol. The van der Waals surface area contributed by atoms with Crippen molar-refractivity contribution < 1.29 is 58.5 Å². The standard InChI is InChI=1S/2C2H4O2.ClH.Co.Na.4H2O/c2*1-2(3)4;;;;;;;/h2*1H3,(H,3,4);1H;;;4*1H2/q;;;+2;+1;;;;/p-3. The second kappa shape index (κ2) is 62.1. The minimum atomic E-state index is -1.08. The van der Waals surface area contributed by atoms with Gasteiger partial charge < -0.3 is 41.7 Å². The fraction of sp³-hybridized carbons (Fsp3) is 0.500. The topological polar surface area (TPSA) is 206 Å². The molecule has 0 bridgehead atoms. The third-order valence-electron chi connectivity index (χ3n) is 0. The van der Waals surface area contributed by atoms with E-state index in [0.29, 0.717) is 0 Å². The first-order valence-electron chi connectivity index (χ1n) is 2.19. The van der Waals surface area contributed by atoms with E-state index in [0.717, 1.165) is 40.5 Å². The van der Waals surface area contributed by atoms with Crippen molar-refractivity contribution in [2.75, 3.05) is 0 Å². The Kier molecular flexibility index (Phi) is 239. The number of rotatable bonds is 0. The van der Waals surface area contributed by atoms with Gasteiger partial charge in [-0.1, -0.05) is 0 Å². The number of aliphatic carboxylic acids is 2. The van der Waals surface area contributed by atoms with E-state index in [1.165, 1.54) is 0 Å². The van der Waals surface area contributed by atoms with Gasteiger partial charge in [-0.15, -0.1) is 0 Å². The fourth-order valence-corrected chi connectivity index (χ4v) is 0. The molecule has 0 amide bonds. The van der Waals surface area contributed by atoms with Gasteiger partial charge in [-0.2, -0.15) is 0 Å². The first kappa shape index (κ1) is 57.7. The third kappa shape index (κ3) is 6940. The molecule has 0 heterocycles. The first-order chi connectivity index (χ1) is 4.46. The summed E-state index contributed by atoms with van der Waals surface area (Å²) in [6.45, 7) is 1.94. The molecule has 15 heavy (non-hydrogen) atoms. The van der Waals surface area contributed by atoms with Crippen LogP contribution in [0.25, 0.3) is 0 Å². The van der Waals surface area contributed by atoms with Crippen LogP contribution in [0.5, 0.6) is 0 Å².